The lowest BCUT2D eigenvalue weighted by molar-refractivity contribution is 0.0681. The fraction of sp³-hybridized carbons (Fsp3) is 0.500. The smallest absolute Gasteiger partial charge is 0.354 e. The van der Waals surface area contributed by atoms with Crippen molar-refractivity contribution in [1.82, 2.24) is 9.78 Å². The summed E-state index contributed by atoms with van der Waals surface area (Å²) in [6, 6.07) is 0. The summed E-state index contributed by atoms with van der Waals surface area (Å²) in [5, 5.41) is 13.0. The molecule has 1 aromatic rings. The van der Waals surface area contributed by atoms with E-state index in [1.54, 1.807) is 7.05 Å². The van der Waals surface area contributed by atoms with Crippen LogP contribution in [0.5, 0.6) is 0 Å². The number of carboxylic acids is 1. The molecule has 5 nitrogen and oxygen atoms in total. The van der Waals surface area contributed by atoms with Gasteiger partial charge in [0.1, 0.15) is 5.69 Å². The van der Waals surface area contributed by atoms with Gasteiger partial charge in [0.15, 0.2) is 0 Å². The maximum atomic E-state index is 10.9. The van der Waals surface area contributed by atoms with Crippen LogP contribution in [0.3, 0.4) is 0 Å². The van der Waals surface area contributed by atoms with E-state index >= 15 is 0 Å². The summed E-state index contributed by atoms with van der Waals surface area (Å²) in [7, 11) is 1.64. The van der Waals surface area contributed by atoms with Gasteiger partial charge in [-0.1, -0.05) is 0 Å². The molecule has 1 N–H and O–H groups in total. The molecule has 2 heterocycles. The number of hydrogen-bond donors (Lipinski definition) is 1. The van der Waals surface area contributed by atoms with Crippen molar-refractivity contribution in [2.75, 3.05) is 6.61 Å². The van der Waals surface area contributed by atoms with Gasteiger partial charge in [-0.15, -0.1) is 0 Å². The molecule has 0 atom stereocenters. The number of fused-ring (bicyclic) bond motifs is 1. The maximum absolute atomic E-state index is 10.9. The summed E-state index contributed by atoms with van der Waals surface area (Å²) < 4.78 is 6.58. The number of hydrogen-bond acceptors (Lipinski definition) is 3. The molecule has 1 aliphatic heterocycles. The zero-order valence-corrected chi connectivity index (χ0v) is 7.28. The summed E-state index contributed by atoms with van der Waals surface area (Å²) in [6.07, 6.45) is 0.644. The zero-order valence-electron chi connectivity index (χ0n) is 7.28. The number of carboxylic acid groups (broad SMARTS) is 1. The second-order valence-electron chi connectivity index (χ2n) is 3.01. The minimum absolute atomic E-state index is 0.290. The molecule has 0 aromatic carbocycles. The Morgan fingerprint density at radius 3 is 3.15 bits per heavy atom. The van der Waals surface area contributed by atoms with Gasteiger partial charge < -0.3 is 9.84 Å². The van der Waals surface area contributed by atoms with Crippen LogP contribution in [-0.4, -0.2) is 27.5 Å². The SMILES string of the molecule is Cn1nc2c(c1C(=O)O)CCOC2. The average Bonchev–Trinajstić information content (AvgIpc) is 2.39. The van der Waals surface area contributed by atoms with Crippen molar-refractivity contribution in [1.29, 1.82) is 0 Å². The van der Waals surface area contributed by atoms with Crippen molar-refractivity contribution >= 4 is 5.97 Å². The highest BCUT2D eigenvalue weighted by Crippen LogP contribution is 2.19. The molecule has 2 rings (SSSR count). The lowest BCUT2D eigenvalue weighted by Gasteiger charge is -2.10. The Morgan fingerprint density at radius 2 is 2.46 bits per heavy atom. The van der Waals surface area contributed by atoms with E-state index in [9.17, 15) is 4.79 Å². The van der Waals surface area contributed by atoms with Crippen molar-refractivity contribution in [2.45, 2.75) is 13.0 Å². The molecule has 0 fully saturated rings. The molecule has 0 saturated carbocycles. The van der Waals surface area contributed by atoms with Crippen molar-refractivity contribution in [3.8, 4) is 0 Å². The van der Waals surface area contributed by atoms with Crippen LogP contribution >= 0.6 is 0 Å². The Hall–Kier alpha value is -1.36. The van der Waals surface area contributed by atoms with Crippen LogP contribution in [-0.2, 0) is 24.8 Å². The van der Waals surface area contributed by atoms with Crippen LogP contribution in [0.2, 0.25) is 0 Å². The highest BCUT2D eigenvalue weighted by Gasteiger charge is 2.23. The zero-order chi connectivity index (χ0) is 9.42. The number of ether oxygens (including phenoxy) is 1. The minimum Gasteiger partial charge on any atom is -0.477 e. The third-order valence-corrected chi connectivity index (χ3v) is 2.17. The van der Waals surface area contributed by atoms with Gasteiger partial charge in [-0.25, -0.2) is 4.79 Å². The van der Waals surface area contributed by atoms with Crippen LogP contribution < -0.4 is 0 Å². The van der Waals surface area contributed by atoms with Crippen molar-refractivity contribution in [3.05, 3.63) is 17.0 Å². The van der Waals surface area contributed by atoms with E-state index in [4.69, 9.17) is 9.84 Å². The largest absolute Gasteiger partial charge is 0.477 e. The molecule has 0 amide bonds. The number of aromatic nitrogens is 2. The summed E-state index contributed by atoms with van der Waals surface area (Å²) in [4.78, 5) is 10.9. The van der Waals surface area contributed by atoms with Crippen molar-refractivity contribution < 1.29 is 14.6 Å². The van der Waals surface area contributed by atoms with E-state index < -0.39 is 5.97 Å². The number of aryl methyl sites for hydroxylation is 1. The first-order valence-corrected chi connectivity index (χ1v) is 4.06. The molecule has 0 radical (unpaired) electrons. The quantitative estimate of drug-likeness (QED) is 0.673. The van der Waals surface area contributed by atoms with Crippen molar-refractivity contribution in [3.63, 3.8) is 0 Å². The number of nitrogens with zero attached hydrogens (tertiary/aromatic N) is 2. The Labute approximate surface area is 74.9 Å². The molecule has 0 bridgehead atoms. The second kappa shape index (κ2) is 2.85. The second-order valence-corrected chi connectivity index (χ2v) is 3.01. The Kier molecular flexibility index (Phi) is 1.81. The van der Waals surface area contributed by atoms with E-state index in [1.165, 1.54) is 4.68 Å². The molecule has 5 heteroatoms. The van der Waals surface area contributed by atoms with Crippen LogP contribution in [0.4, 0.5) is 0 Å². The normalized spacial score (nSPS) is 15.5. The molecule has 1 aromatic heterocycles. The van der Waals surface area contributed by atoms with Gasteiger partial charge in [-0.2, -0.15) is 5.10 Å². The minimum atomic E-state index is -0.918. The Balaban J connectivity index is 2.54. The van der Waals surface area contributed by atoms with E-state index in [1.807, 2.05) is 0 Å². The predicted octanol–water partition coefficient (Wildman–Crippen LogP) is 0.191. The third-order valence-electron chi connectivity index (χ3n) is 2.17. The number of carbonyl (C=O) groups is 1. The van der Waals surface area contributed by atoms with Gasteiger partial charge in [-0.3, -0.25) is 4.68 Å². The van der Waals surface area contributed by atoms with Gasteiger partial charge in [0.2, 0.25) is 0 Å². The fourth-order valence-corrected chi connectivity index (χ4v) is 1.61. The number of rotatable bonds is 1. The molecular formula is C8H10N2O3. The molecule has 0 aliphatic carbocycles. The molecule has 1 aliphatic rings. The molecule has 0 unspecified atom stereocenters. The highest BCUT2D eigenvalue weighted by atomic mass is 16.5. The van der Waals surface area contributed by atoms with Gasteiger partial charge in [0, 0.05) is 19.0 Å². The standard InChI is InChI=1S/C8H10N2O3/c1-10-7(8(11)12)5-2-3-13-4-6(5)9-10/h2-4H2,1H3,(H,11,12). The van der Waals surface area contributed by atoms with Crippen LogP contribution in [0.1, 0.15) is 21.7 Å². The molecule has 0 saturated heterocycles. The van der Waals surface area contributed by atoms with Crippen LogP contribution in [0.25, 0.3) is 0 Å². The molecule has 13 heavy (non-hydrogen) atoms. The molecular weight excluding hydrogens is 172 g/mol. The third kappa shape index (κ3) is 1.21. The first-order chi connectivity index (χ1) is 6.20. The molecule has 70 valence electrons. The van der Waals surface area contributed by atoms with Gasteiger partial charge in [-0.05, 0) is 0 Å². The van der Waals surface area contributed by atoms with E-state index in [0.29, 0.717) is 25.3 Å². The van der Waals surface area contributed by atoms with Crippen molar-refractivity contribution in [2.24, 2.45) is 7.05 Å². The summed E-state index contributed by atoms with van der Waals surface area (Å²) in [5.41, 5.74) is 1.87. The summed E-state index contributed by atoms with van der Waals surface area (Å²) in [6.45, 7) is 1.01. The topological polar surface area (TPSA) is 64.4 Å². The van der Waals surface area contributed by atoms with Gasteiger partial charge in [0.25, 0.3) is 0 Å². The van der Waals surface area contributed by atoms with Crippen LogP contribution in [0, 0.1) is 0 Å². The predicted molar refractivity (Wildman–Crippen MR) is 43.5 cm³/mol. The first kappa shape index (κ1) is 8.25. The van der Waals surface area contributed by atoms with Crippen LogP contribution in [0.15, 0.2) is 0 Å². The maximum Gasteiger partial charge on any atom is 0.354 e. The van der Waals surface area contributed by atoms with E-state index in [2.05, 4.69) is 5.10 Å². The fourth-order valence-electron chi connectivity index (χ4n) is 1.61. The Morgan fingerprint density at radius 1 is 1.69 bits per heavy atom. The summed E-state index contributed by atoms with van der Waals surface area (Å²) >= 11 is 0. The average molecular weight is 182 g/mol. The van der Waals surface area contributed by atoms with E-state index in [0.717, 1.165) is 11.3 Å². The highest BCUT2D eigenvalue weighted by molar-refractivity contribution is 5.87. The lowest BCUT2D eigenvalue weighted by Crippen LogP contribution is -2.12. The van der Waals surface area contributed by atoms with E-state index in [-0.39, 0.29) is 0 Å². The van der Waals surface area contributed by atoms with Gasteiger partial charge >= 0.3 is 5.97 Å². The van der Waals surface area contributed by atoms with Gasteiger partial charge in [0.05, 0.1) is 18.9 Å². The number of aromatic carboxylic acids is 1. The molecule has 0 spiro atoms. The lowest BCUT2D eigenvalue weighted by atomic mass is 10.1. The monoisotopic (exact) mass is 182 g/mol. The Bertz CT molecular complexity index is 357. The first-order valence-electron chi connectivity index (χ1n) is 4.06. The summed E-state index contributed by atoms with van der Waals surface area (Å²) in [5.74, 6) is -0.918.